The minimum absolute atomic E-state index is 0.234. The minimum Gasteiger partial charge on any atom is -0.494 e. The van der Waals surface area contributed by atoms with Crippen LogP contribution in [-0.2, 0) is 4.74 Å². The highest BCUT2D eigenvalue weighted by atomic mass is 19.1. The summed E-state index contributed by atoms with van der Waals surface area (Å²) in [6.45, 7) is 3.01. The summed E-state index contributed by atoms with van der Waals surface area (Å²) in [5.41, 5.74) is 7.06. The second-order valence-corrected chi connectivity index (χ2v) is 5.80. The largest absolute Gasteiger partial charge is 0.494 e. The predicted molar refractivity (Wildman–Crippen MR) is 82.7 cm³/mol. The number of rotatable bonds is 3. The Morgan fingerprint density at radius 2 is 2.09 bits per heavy atom. The smallest absolute Gasteiger partial charge is 0.191 e. The number of morpholine rings is 1. The summed E-state index contributed by atoms with van der Waals surface area (Å²) in [5.74, 6) is 0.938. The quantitative estimate of drug-likeness (QED) is 0.682. The van der Waals surface area contributed by atoms with Crippen molar-refractivity contribution in [2.75, 3.05) is 33.4 Å². The molecule has 5 nitrogen and oxygen atoms in total. The molecule has 120 valence electrons. The van der Waals surface area contributed by atoms with Crippen LogP contribution in [0.5, 0.6) is 5.75 Å². The van der Waals surface area contributed by atoms with Crippen LogP contribution >= 0.6 is 0 Å². The molecule has 1 aromatic carbocycles. The van der Waals surface area contributed by atoms with Gasteiger partial charge in [-0.25, -0.2) is 9.38 Å². The van der Waals surface area contributed by atoms with E-state index in [2.05, 4.69) is 9.89 Å². The minimum atomic E-state index is -0.306. The van der Waals surface area contributed by atoms with Crippen LogP contribution in [-0.4, -0.2) is 50.3 Å². The Kier molecular flexibility index (Phi) is 4.47. The summed E-state index contributed by atoms with van der Waals surface area (Å²) in [7, 11) is 1.47. The molecule has 1 heterocycles. The molecule has 2 fully saturated rings. The van der Waals surface area contributed by atoms with Gasteiger partial charge in [0.1, 0.15) is 0 Å². The fraction of sp³-hybridized carbons (Fsp3) is 0.562. The standard InChI is InChI=1S/C16H22FN3O2/c1-21-15-3-2-11(10-14(15)17)12-8-13(9-12)19-16(18)20-4-6-22-7-5-20/h2-3,10,12-13H,4-9H2,1H3,(H2,18,19). The van der Waals surface area contributed by atoms with E-state index >= 15 is 0 Å². The first-order chi connectivity index (χ1) is 10.7. The number of guanidine groups is 1. The monoisotopic (exact) mass is 307 g/mol. The molecule has 1 aromatic rings. The Balaban J connectivity index is 1.56. The number of nitrogens with zero attached hydrogens (tertiary/aromatic N) is 2. The molecule has 0 bridgehead atoms. The first-order valence-corrected chi connectivity index (χ1v) is 7.66. The molecule has 2 aliphatic rings. The first kappa shape index (κ1) is 15.1. The van der Waals surface area contributed by atoms with Crippen LogP contribution in [0.2, 0.25) is 0 Å². The third kappa shape index (κ3) is 3.16. The summed E-state index contributed by atoms with van der Waals surface area (Å²) in [4.78, 5) is 6.64. The van der Waals surface area contributed by atoms with Crippen LogP contribution in [0.4, 0.5) is 4.39 Å². The third-order valence-corrected chi connectivity index (χ3v) is 4.41. The fourth-order valence-corrected chi connectivity index (χ4v) is 2.96. The number of ether oxygens (including phenoxy) is 2. The molecular formula is C16H22FN3O2. The van der Waals surface area contributed by atoms with Gasteiger partial charge in [-0.05, 0) is 36.5 Å². The normalized spacial score (nSPS) is 25.7. The zero-order valence-electron chi connectivity index (χ0n) is 12.8. The number of methoxy groups -OCH3 is 1. The highest BCUT2D eigenvalue weighted by Crippen LogP contribution is 2.39. The maximum atomic E-state index is 13.7. The molecule has 1 saturated carbocycles. The molecular weight excluding hydrogens is 285 g/mol. The molecule has 1 aliphatic heterocycles. The lowest BCUT2D eigenvalue weighted by atomic mass is 9.76. The molecule has 3 rings (SSSR count). The molecule has 0 radical (unpaired) electrons. The Morgan fingerprint density at radius 3 is 2.73 bits per heavy atom. The van der Waals surface area contributed by atoms with Crippen LogP contribution in [0.25, 0.3) is 0 Å². The zero-order valence-corrected chi connectivity index (χ0v) is 12.8. The fourth-order valence-electron chi connectivity index (χ4n) is 2.96. The summed E-state index contributed by atoms with van der Waals surface area (Å²) in [5, 5.41) is 0. The van der Waals surface area contributed by atoms with Crippen LogP contribution in [0.1, 0.15) is 24.3 Å². The van der Waals surface area contributed by atoms with E-state index in [0.717, 1.165) is 31.5 Å². The van der Waals surface area contributed by atoms with E-state index in [4.69, 9.17) is 15.2 Å². The van der Waals surface area contributed by atoms with Gasteiger partial charge in [0.2, 0.25) is 0 Å². The highest BCUT2D eigenvalue weighted by Gasteiger charge is 2.31. The van der Waals surface area contributed by atoms with Gasteiger partial charge in [0, 0.05) is 13.1 Å². The van der Waals surface area contributed by atoms with Crippen molar-refractivity contribution in [2.24, 2.45) is 10.7 Å². The van der Waals surface area contributed by atoms with E-state index in [1.165, 1.54) is 7.11 Å². The van der Waals surface area contributed by atoms with Gasteiger partial charge >= 0.3 is 0 Å². The summed E-state index contributed by atoms with van der Waals surface area (Å²) in [6.07, 6.45) is 1.83. The van der Waals surface area contributed by atoms with Gasteiger partial charge in [0.05, 0.1) is 26.4 Å². The maximum Gasteiger partial charge on any atom is 0.191 e. The average Bonchev–Trinajstić information content (AvgIpc) is 2.51. The van der Waals surface area contributed by atoms with Crippen LogP contribution in [0.15, 0.2) is 23.2 Å². The van der Waals surface area contributed by atoms with Crippen molar-refractivity contribution in [2.45, 2.75) is 24.8 Å². The molecule has 6 heteroatoms. The molecule has 0 aromatic heterocycles. The lowest BCUT2D eigenvalue weighted by Crippen LogP contribution is -2.46. The summed E-state index contributed by atoms with van der Waals surface area (Å²) in [6, 6.07) is 5.41. The number of aliphatic imine (C=N–C) groups is 1. The molecule has 2 N–H and O–H groups in total. The van der Waals surface area contributed by atoms with Crippen molar-refractivity contribution in [1.82, 2.24) is 4.90 Å². The average molecular weight is 307 g/mol. The van der Waals surface area contributed by atoms with Crippen LogP contribution < -0.4 is 10.5 Å². The van der Waals surface area contributed by atoms with Gasteiger partial charge in [0.15, 0.2) is 17.5 Å². The van der Waals surface area contributed by atoms with Gasteiger partial charge in [-0.15, -0.1) is 0 Å². The van der Waals surface area contributed by atoms with E-state index in [9.17, 15) is 4.39 Å². The lowest BCUT2D eigenvalue weighted by molar-refractivity contribution is 0.0671. The van der Waals surface area contributed by atoms with Gasteiger partial charge < -0.3 is 20.1 Å². The highest BCUT2D eigenvalue weighted by molar-refractivity contribution is 5.78. The molecule has 0 amide bonds. The Bertz CT molecular complexity index is 552. The molecule has 1 saturated heterocycles. The van der Waals surface area contributed by atoms with E-state index in [1.54, 1.807) is 12.1 Å². The van der Waals surface area contributed by atoms with Gasteiger partial charge in [-0.2, -0.15) is 0 Å². The Morgan fingerprint density at radius 1 is 1.36 bits per heavy atom. The number of hydrogen-bond acceptors (Lipinski definition) is 3. The van der Waals surface area contributed by atoms with Crippen LogP contribution in [0.3, 0.4) is 0 Å². The van der Waals surface area contributed by atoms with Gasteiger partial charge in [-0.1, -0.05) is 6.07 Å². The molecule has 0 atom stereocenters. The molecule has 1 aliphatic carbocycles. The Hall–Kier alpha value is -1.82. The van der Waals surface area contributed by atoms with Crippen molar-refractivity contribution in [3.8, 4) is 5.75 Å². The second-order valence-electron chi connectivity index (χ2n) is 5.80. The van der Waals surface area contributed by atoms with E-state index in [-0.39, 0.29) is 17.6 Å². The van der Waals surface area contributed by atoms with E-state index in [0.29, 0.717) is 25.1 Å². The van der Waals surface area contributed by atoms with E-state index in [1.807, 2.05) is 6.07 Å². The second kappa shape index (κ2) is 6.52. The molecule has 0 spiro atoms. The summed E-state index contributed by atoms with van der Waals surface area (Å²) < 4.78 is 24.0. The topological polar surface area (TPSA) is 60.1 Å². The van der Waals surface area contributed by atoms with Crippen molar-refractivity contribution in [3.63, 3.8) is 0 Å². The SMILES string of the molecule is COc1ccc(C2CC(N=C(N)N3CCOCC3)C2)cc1F. The molecule has 0 unspecified atom stereocenters. The van der Waals surface area contributed by atoms with Gasteiger partial charge in [0.25, 0.3) is 0 Å². The number of benzene rings is 1. The number of hydrogen-bond donors (Lipinski definition) is 1. The third-order valence-electron chi connectivity index (χ3n) is 4.41. The van der Waals surface area contributed by atoms with Crippen molar-refractivity contribution in [1.29, 1.82) is 0 Å². The first-order valence-electron chi connectivity index (χ1n) is 7.66. The summed E-state index contributed by atoms with van der Waals surface area (Å²) >= 11 is 0. The van der Waals surface area contributed by atoms with Crippen molar-refractivity contribution >= 4 is 5.96 Å². The maximum absolute atomic E-state index is 13.7. The number of halogens is 1. The van der Waals surface area contributed by atoms with Gasteiger partial charge in [-0.3, -0.25) is 0 Å². The number of nitrogens with two attached hydrogens (primary N) is 1. The zero-order chi connectivity index (χ0) is 15.5. The van der Waals surface area contributed by atoms with Crippen LogP contribution in [0, 0.1) is 5.82 Å². The van der Waals surface area contributed by atoms with E-state index < -0.39 is 0 Å². The lowest BCUT2D eigenvalue weighted by Gasteiger charge is -2.35. The molecule has 22 heavy (non-hydrogen) atoms. The Labute approximate surface area is 129 Å². The predicted octanol–water partition coefficient (Wildman–Crippen LogP) is 1.73. The van der Waals surface area contributed by atoms with Crippen molar-refractivity contribution in [3.05, 3.63) is 29.6 Å². The van der Waals surface area contributed by atoms with Crippen molar-refractivity contribution < 1.29 is 13.9 Å².